The molecule has 0 unspecified atom stereocenters. The van der Waals surface area contributed by atoms with Crippen LogP contribution in [0.5, 0.6) is 0 Å². The van der Waals surface area contributed by atoms with E-state index in [1.165, 1.54) is 0 Å². The Morgan fingerprint density at radius 2 is 2.18 bits per heavy atom. The minimum Gasteiger partial charge on any atom is -0.462 e. The van der Waals surface area contributed by atoms with Gasteiger partial charge in [0.25, 0.3) is 0 Å². The van der Waals surface area contributed by atoms with Crippen LogP contribution in [0.15, 0.2) is 0 Å². The molecular formula is C11H16ClN3O2. The number of nitrogens with two attached hydrogens (primary N) is 1. The second-order valence-electron chi connectivity index (χ2n) is 3.40. The lowest BCUT2D eigenvalue weighted by molar-refractivity contribution is 0.0525. The van der Waals surface area contributed by atoms with Crippen molar-refractivity contribution < 1.29 is 9.53 Å². The van der Waals surface area contributed by atoms with Crippen molar-refractivity contribution in [2.24, 2.45) is 0 Å². The average molecular weight is 258 g/mol. The predicted octanol–water partition coefficient (Wildman–Crippen LogP) is 2.23. The van der Waals surface area contributed by atoms with E-state index in [0.29, 0.717) is 18.1 Å². The first-order valence-corrected chi connectivity index (χ1v) is 5.77. The number of hydrogen-bond donors (Lipinski definition) is 2. The van der Waals surface area contributed by atoms with Gasteiger partial charge in [0, 0.05) is 6.54 Å². The third-order valence-electron chi connectivity index (χ3n) is 2.18. The molecule has 3 N–H and O–H groups in total. The van der Waals surface area contributed by atoms with Crippen LogP contribution in [-0.2, 0) is 4.74 Å². The monoisotopic (exact) mass is 257 g/mol. The number of ether oxygens (including phenoxy) is 1. The number of carbonyl (C=O) groups is 1. The summed E-state index contributed by atoms with van der Waals surface area (Å²) in [6.07, 6.45) is 0. The van der Waals surface area contributed by atoms with E-state index >= 15 is 0 Å². The molecule has 0 bridgehead atoms. The SMILES string of the molecule is CCNc1nc(C)c(C(=O)OCC)c(Cl)c1N. The highest BCUT2D eigenvalue weighted by Crippen LogP contribution is 2.31. The molecule has 5 nitrogen and oxygen atoms in total. The van der Waals surface area contributed by atoms with E-state index in [-0.39, 0.29) is 22.9 Å². The van der Waals surface area contributed by atoms with Gasteiger partial charge in [0.15, 0.2) is 5.82 Å². The summed E-state index contributed by atoms with van der Waals surface area (Å²) in [5.41, 5.74) is 6.80. The summed E-state index contributed by atoms with van der Waals surface area (Å²) < 4.78 is 4.91. The molecule has 1 rings (SSSR count). The number of anilines is 2. The van der Waals surface area contributed by atoms with Crippen molar-refractivity contribution >= 4 is 29.1 Å². The number of nitrogens with one attached hydrogen (secondary N) is 1. The Kier molecular flexibility index (Phi) is 4.57. The molecule has 0 aromatic carbocycles. The summed E-state index contributed by atoms with van der Waals surface area (Å²) in [6.45, 7) is 6.29. The van der Waals surface area contributed by atoms with E-state index in [0.717, 1.165) is 0 Å². The maximum absolute atomic E-state index is 11.7. The molecule has 0 spiro atoms. The summed E-state index contributed by atoms with van der Waals surface area (Å²) in [7, 11) is 0. The van der Waals surface area contributed by atoms with Crippen molar-refractivity contribution in [3.05, 3.63) is 16.3 Å². The van der Waals surface area contributed by atoms with Crippen molar-refractivity contribution in [2.45, 2.75) is 20.8 Å². The van der Waals surface area contributed by atoms with Crippen molar-refractivity contribution in [2.75, 3.05) is 24.2 Å². The molecule has 0 aliphatic rings. The smallest absolute Gasteiger partial charge is 0.341 e. The fourth-order valence-electron chi connectivity index (χ4n) is 1.42. The zero-order valence-corrected chi connectivity index (χ0v) is 10.9. The lowest BCUT2D eigenvalue weighted by Gasteiger charge is -2.13. The Morgan fingerprint density at radius 1 is 1.53 bits per heavy atom. The minimum atomic E-state index is -0.503. The summed E-state index contributed by atoms with van der Waals surface area (Å²) in [4.78, 5) is 15.9. The fourth-order valence-corrected chi connectivity index (χ4v) is 1.73. The topological polar surface area (TPSA) is 77.2 Å². The number of aryl methyl sites for hydroxylation is 1. The zero-order valence-electron chi connectivity index (χ0n) is 10.1. The number of esters is 1. The number of nitrogen functional groups attached to an aromatic ring is 1. The summed E-state index contributed by atoms with van der Waals surface area (Å²) in [5.74, 6) is -0.0136. The molecule has 0 saturated carbocycles. The lowest BCUT2D eigenvalue weighted by atomic mass is 10.2. The first kappa shape index (κ1) is 13.6. The van der Waals surface area contributed by atoms with Crippen molar-refractivity contribution in [1.29, 1.82) is 0 Å². The van der Waals surface area contributed by atoms with E-state index in [4.69, 9.17) is 22.1 Å². The summed E-state index contributed by atoms with van der Waals surface area (Å²) in [6, 6.07) is 0. The Labute approximate surface area is 105 Å². The highest BCUT2D eigenvalue weighted by molar-refractivity contribution is 6.36. The molecule has 17 heavy (non-hydrogen) atoms. The predicted molar refractivity (Wildman–Crippen MR) is 68.5 cm³/mol. The number of halogens is 1. The summed E-state index contributed by atoms with van der Waals surface area (Å²) >= 11 is 6.06. The van der Waals surface area contributed by atoms with Crippen LogP contribution in [0.2, 0.25) is 5.02 Å². The van der Waals surface area contributed by atoms with Crippen LogP contribution >= 0.6 is 11.6 Å². The summed E-state index contributed by atoms with van der Waals surface area (Å²) in [5, 5.41) is 3.17. The van der Waals surface area contributed by atoms with Crippen LogP contribution in [0, 0.1) is 6.92 Å². The van der Waals surface area contributed by atoms with E-state index in [1.54, 1.807) is 13.8 Å². The van der Waals surface area contributed by atoms with E-state index in [1.807, 2.05) is 6.92 Å². The van der Waals surface area contributed by atoms with Crippen molar-refractivity contribution in [3.8, 4) is 0 Å². The molecule has 1 aromatic heterocycles. The van der Waals surface area contributed by atoms with Crippen molar-refractivity contribution in [3.63, 3.8) is 0 Å². The molecule has 0 radical (unpaired) electrons. The van der Waals surface area contributed by atoms with Crippen LogP contribution < -0.4 is 11.1 Å². The fraction of sp³-hybridized carbons (Fsp3) is 0.455. The molecule has 0 aliphatic heterocycles. The van der Waals surface area contributed by atoms with Gasteiger partial charge in [-0.05, 0) is 20.8 Å². The third kappa shape index (κ3) is 2.79. The Balaban J connectivity index is 3.25. The van der Waals surface area contributed by atoms with Gasteiger partial charge in [0.2, 0.25) is 0 Å². The van der Waals surface area contributed by atoms with Gasteiger partial charge in [-0.15, -0.1) is 0 Å². The number of rotatable bonds is 4. The van der Waals surface area contributed by atoms with Gasteiger partial charge >= 0.3 is 5.97 Å². The van der Waals surface area contributed by atoms with Gasteiger partial charge in [0.05, 0.1) is 23.0 Å². The minimum absolute atomic E-state index is 0.187. The molecule has 1 heterocycles. The lowest BCUT2D eigenvalue weighted by Crippen LogP contribution is -2.13. The quantitative estimate of drug-likeness (QED) is 0.809. The van der Waals surface area contributed by atoms with E-state index in [9.17, 15) is 4.79 Å². The molecule has 0 amide bonds. The van der Waals surface area contributed by atoms with E-state index in [2.05, 4.69) is 10.3 Å². The van der Waals surface area contributed by atoms with Gasteiger partial charge in [-0.1, -0.05) is 11.6 Å². The maximum Gasteiger partial charge on any atom is 0.341 e. The second-order valence-corrected chi connectivity index (χ2v) is 3.78. The first-order valence-electron chi connectivity index (χ1n) is 5.39. The zero-order chi connectivity index (χ0) is 13.0. The van der Waals surface area contributed by atoms with Gasteiger partial charge in [0.1, 0.15) is 5.56 Å². The number of aromatic nitrogens is 1. The standard InChI is InChI=1S/C11H16ClN3O2/c1-4-14-10-9(13)8(12)7(6(3)15-10)11(16)17-5-2/h4-5,13H2,1-3H3,(H,14,15). The van der Waals surface area contributed by atoms with Gasteiger partial charge in [-0.3, -0.25) is 0 Å². The highest BCUT2D eigenvalue weighted by atomic mass is 35.5. The molecule has 0 fully saturated rings. The van der Waals surface area contributed by atoms with Crippen LogP contribution in [0.4, 0.5) is 11.5 Å². The highest BCUT2D eigenvalue weighted by Gasteiger charge is 2.20. The van der Waals surface area contributed by atoms with Gasteiger partial charge < -0.3 is 15.8 Å². The molecule has 6 heteroatoms. The molecule has 94 valence electrons. The van der Waals surface area contributed by atoms with Crippen LogP contribution in [0.1, 0.15) is 29.9 Å². The number of pyridine rings is 1. The van der Waals surface area contributed by atoms with Crippen LogP contribution in [-0.4, -0.2) is 24.1 Å². The second kappa shape index (κ2) is 5.72. The van der Waals surface area contributed by atoms with Gasteiger partial charge in [-0.2, -0.15) is 0 Å². The molecule has 0 aliphatic carbocycles. The van der Waals surface area contributed by atoms with Gasteiger partial charge in [-0.25, -0.2) is 9.78 Å². The first-order chi connectivity index (χ1) is 8.02. The molecule has 0 saturated heterocycles. The largest absolute Gasteiger partial charge is 0.462 e. The van der Waals surface area contributed by atoms with E-state index < -0.39 is 5.97 Å². The Morgan fingerprint density at radius 3 is 2.71 bits per heavy atom. The van der Waals surface area contributed by atoms with Crippen LogP contribution in [0.3, 0.4) is 0 Å². The Bertz CT molecular complexity index is 435. The Hall–Kier alpha value is -1.49. The molecular weight excluding hydrogens is 242 g/mol. The maximum atomic E-state index is 11.7. The van der Waals surface area contributed by atoms with Crippen molar-refractivity contribution in [1.82, 2.24) is 4.98 Å². The number of nitrogens with zero attached hydrogens (tertiary/aromatic N) is 1. The normalized spacial score (nSPS) is 10.1. The number of carbonyl (C=O) groups excluding carboxylic acids is 1. The molecule has 1 aromatic rings. The third-order valence-corrected chi connectivity index (χ3v) is 2.57. The molecule has 0 atom stereocenters. The number of hydrogen-bond acceptors (Lipinski definition) is 5. The average Bonchev–Trinajstić information content (AvgIpc) is 2.26. The van der Waals surface area contributed by atoms with Crippen LogP contribution in [0.25, 0.3) is 0 Å².